The number of halogens is 2. The molecule has 1 aliphatic heterocycles. The molecule has 3 rings (SSSR count). The third-order valence-electron chi connectivity index (χ3n) is 4.53. The summed E-state index contributed by atoms with van der Waals surface area (Å²) in [7, 11) is 0. The van der Waals surface area contributed by atoms with E-state index in [2.05, 4.69) is 6.92 Å². The van der Waals surface area contributed by atoms with Gasteiger partial charge in [-0.15, -0.1) is 12.4 Å². The smallest absolute Gasteiger partial charge is 0.227 e. The first-order valence-corrected chi connectivity index (χ1v) is 7.73. The van der Waals surface area contributed by atoms with E-state index in [4.69, 9.17) is 10.2 Å². The van der Waals surface area contributed by atoms with Crippen molar-refractivity contribution in [3.05, 3.63) is 35.8 Å². The summed E-state index contributed by atoms with van der Waals surface area (Å²) in [6, 6.07) is 4.51. The number of carbonyl (C=O) groups excluding carboxylic acids is 1. The van der Waals surface area contributed by atoms with Crippen molar-refractivity contribution < 1.29 is 13.6 Å². The fraction of sp³-hybridized carbons (Fsp3) is 0.471. The lowest BCUT2D eigenvalue weighted by molar-refractivity contribution is -0.134. The number of benzene rings is 1. The van der Waals surface area contributed by atoms with Crippen LogP contribution in [-0.4, -0.2) is 29.9 Å². The van der Waals surface area contributed by atoms with Gasteiger partial charge in [0.2, 0.25) is 5.91 Å². The first-order chi connectivity index (χ1) is 10.6. The van der Waals surface area contributed by atoms with Crippen LogP contribution in [0.25, 0.3) is 11.0 Å². The fourth-order valence-corrected chi connectivity index (χ4v) is 3.26. The zero-order valence-electron chi connectivity index (χ0n) is 13.1. The SMILES string of the molecule is CC1CCN(C(=O)Cc2coc3cc(F)ccc23)C(CN)C1.Cl. The molecule has 1 saturated heterocycles. The highest BCUT2D eigenvalue weighted by Gasteiger charge is 2.29. The standard InChI is InChI=1S/C17H21FN2O2.ClH/c1-11-4-5-20(14(6-11)9-19)17(21)7-12-10-22-16-8-13(18)2-3-15(12)16;/h2-3,8,10-11,14H,4-7,9,19H2,1H3;1H. The molecular formula is C17H22ClFN2O2. The third-order valence-corrected chi connectivity index (χ3v) is 4.53. The van der Waals surface area contributed by atoms with Gasteiger partial charge in [-0.1, -0.05) is 6.92 Å². The maximum absolute atomic E-state index is 13.2. The molecule has 6 heteroatoms. The Balaban J connectivity index is 0.00000192. The van der Waals surface area contributed by atoms with Crippen LogP contribution in [-0.2, 0) is 11.2 Å². The van der Waals surface area contributed by atoms with Gasteiger partial charge in [-0.25, -0.2) is 4.39 Å². The Morgan fingerprint density at radius 2 is 2.26 bits per heavy atom. The zero-order valence-corrected chi connectivity index (χ0v) is 13.9. The van der Waals surface area contributed by atoms with Gasteiger partial charge in [-0.05, 0) is 30.9 Å². The number of likely N-dealkylation sites (tertiary alicyclic amines) is 1. The van der Waals surface area contributed by atoms with Crippen molar-refractivity contribution in [2.75, 3.05) is 13.1 Å². The monoisotopic (exact) mass is 340 g/mol. The van der Waals surface area contributed by atoms with Crippen molar-refractivity contribution in [2.45, 2.75) is 32.2 Å². The summed E-state index contributed by atoms with van der Waals surface area (Å²) in [5.74, 6) is 0.331. The molecule has 4 nitrogen and oxygen atoms in total. The van der Waals surface area contributed by atoms with Gasteiger partial charge in [0, 0.05) is 36.1 Å². The van der Waals surface area contributed by atoms with E-state index in [1.807, 2.05) is 4.90 Å². The Bertz CT molecular complexity index is 688. The molecule has 2 heterocycles. The van der Waals surface area contributed by atoms with E-state index in [0.29, 0.717) is 18.0 Å². The average molecular weight is 341 g/mol. The average Bonchev–Trinajstić information content (AvgIpc) is 2.89. The van der Waals surface area contributed by atoms with E-state index in [1.54, 1.807) is 12.3 Å². The summed E-state index contributed by atoms with van der Waals surface area (Å²) < 4.78 is 18.5. The maximum Gasteiger partial charge on any atom is 0.227 e. The molecule has 1 fully saturated rings. The van der Waals surface area contributed by atoms with Crippen molar-refractivity contribution >= 4 is 29.3 Å². The number of hydrogen-bond acceptors (Lipinski definition) is 3. The normalized spacial score (nSPS) is 21.3. The minimum absolute atomic E-state index is 0. The molecule has 2 unspecified atom stereocenters. The first kappa shape index (κ1) is 17.8. The summed E-state index contributed by atoms with van der Waals surface area (Å²) in [5, 5.41) is 0.796. The van der Waals surface area contributed by atoms with Crippen LogP contribution in [0.15, 0.2) is 28.9 Å². The summed E-state index contributed by atoms with van der Waals surface area (Å²) >= 11 is 0. The van der Waals surface area contributed by atoms with Crippen molar-refractivity contribution in [1.29, 1.82) is 0 Å². The van der Waals surface area contributed by atoms with Crippen LogP contribution in [0.5, 0.6) is 0 Å². The Hall–Kier alpha value is -1.59. The number of piperidine rings is 1. The van der Waals surface area contributed by atoms with Crippen molar-refractivity contribution in [1.82, 2.24) is 4.90 Å². The van der Waals surface area contributed by atoms with Gasteiger partial charge in [0.25, 0.3) is 0 Å². The van der Waals surface area contributed by atoms with Gasteiger partial charge >= 0.3 is 0 Å². The summed E-state index contributed by atoms with van der Waals surface area (Å²) in [6.07, 6.45) is 3.79. The third kappa shape index (κ3) is 3.67. The lowest BCUT2D eigenvalue weighted by Gasteiger charge is -2.38. The molecule has 0 aliphatic carbocycles. The van der Waals surface area contributed by atoms with Crippen LogP contribution >= 0.6 is 12.4 Å². The molecule has 23 heavy (non-hydrogen) atoms. The van der Waals surface area contributed by atoms with E-state index in [-0.39, 0.29) is 36.6 Å². The molecule has 2 aromatic rings. The van der Waals surface area contributed by atoms with E-state index in [9.17, 15) is 9.18 Å². The zero-order chi connectivity index (χ0) is 15.7. The molecule has 1 aromatic carbocycles. The second-order valence-electron chi connectivity index (χ2n) is 6.18. The molecular weight excluding hydrogens is 319 g/mol. The Labute approximate surface area is 141 Å². The second-order valence-corrected chi connectivity index (χ2v) is 6.18. The highest BCUT2D eigenvalue weighted by atomic mass is 35.5. The molecule has 1 aromatic heterocycles. The number of rotatable bonds is 3. The minimum Gasteiger partial charge on any atom is -0.464 e. The molecule has 1 aliphatic rings. The number of hydrogen-bond donors (Lipinski definition) is 1. The second kappa shape index (κ2) is 7.32. The van der Waals surface area contributed by atoms with E-state index < -0.39 is 0 Å². The van der Waals surface area contributed by atoms with Crippen LogP contribution in [0, 0.1) is 11.7 Å². The number of fused-ring (bicyclic) bond motifs is 1. The maximum atomic E-state index is 13.2. The van der Waals surface area contributed by atoms with Gasteiger partial charge in [-0.2, -0.15) is 0 Å². The Kier molecular flexibility index (Phi) is 5.65. The summed E-state index contributed by atoms with van der Waals surface area (Å²) in [5.41, 5.74) is 7.10. The van der Waals surface area contributed by atoms with Gasteiger partial charge in [-0.3, -0.25) is 4.79 Å². The first-order valence-electron chi connectivity index (χ1n) is 7.73. The Morgan fingerprint density at radius 3 is 3.00 bits per heavy atom. The number of furan rings is 1. The molecule has 0 bridgehead atoms. The van der Waals surface area contributed by atoms with E-state index >= 15 is 0 Å². The molecule has 0 spiro atoms. The fourth-order valence-electron chi connectivity index (χ4n) is 3.26. The van der Waals surface area contributed by atoms with Crippen LogP contribution in [0.3, 0.4) is 0 Å². The van der Waals surface area contributed by atoms with Crippen molar-refractivity contribution in [3.8, 4) is 0 Å². The van der Waals surface area contributed by atoms with Crippen LogP contribution in [0.1, 0.15) is 25.3 Å². The molecule has 0 radical (unpaired) electrons. The number of carbonyl (C=O) groups is 1. The van der Waals surface area contributed by atoms with Crippen LogP contribution < -0.4 is 5.73 Å². The summed E-state index contributed by atoms with van der Waals surface area (Å²) in [4.78, 5) is 14.5. The van der Waals surface area contributed by atoms with Crippen LogP contribution in [0.2, 0.25) is 0 Å². The minimum atomic E-state index is -0.340. The molecule has 126 valence electrons. The highest BCUT2D eigenvalue weighted by Crippen LogP contribution is 2.26. The molecule has 2 atom stereocenters. The number of nitrogens with two attached hydrogens (primary N) is 1. The predicted molar refractivity (Wildman–Crippen MR) is 90.1 cm³/mol. The van der Waals surface area contributed by atoms with Crippen LogP contribution in [0.4, 0.5) is 4.39 Å². The summed E-state index contributed by atoms with van der Waals surface area (Å²) in [6.45, 7) is 3.45. The van der Waals surface area contributed by atoms with E-state index in [0.717, 1.165) is 30.3 Å². The lowest BCUT2D eigenvalue weighted by atomic mass is 9.92. The van der Waals surface area contributed by atoms with Gasteiger partial charge in [0.05, 0.1) is 12.7 Å². The van der Waals surface area contributed by atoms with Crippen molar-refractivity contribution in [3.63, 3.8) is 0 Å². The molecule has 1 amide bonds. The van der Waals surface area contributed by atoms with E-state index in [1.165, 1.54) is 12.1 Å². The number of amides is 1. The quantitative estimate of drug-likeness (QED) is 0.933. The van der Waals surface area contributed by atoms with Crippen molar-refractivity contribution in [2.24, 2.45) is 11.7 Å². The number of nitrogens with zero attached hydrogens (tertiary/aromatic N) is 1. The topological polar surface area (TPSA) is 59.5 Å². The van der Waals surface area contributed by atoms with Gasteiger partial charge in [0.15, 0.2) is 0 Å². The predicted octanol–water partition coefficient (Wildman–Crippen LogP) is 3.12. The molecule has 0 saturated carbocycles. The Morgan fingerprint density at radius 1 is 1.48 bits per heavy atom. The largest absolute Gasteiger partial charge is 0.464 e. The lowest BCUT2D eigenvalue weighted by Crippen LogP contribution is -2.49. The highest BCUT2D eigenvalue weighted by molar-refractivity contribution is 5.87. The molecule has 2 N–H and O–H groups in total. The van der Waals surface area contributed by atoms with Gasteiger partial charge in [0.1, 0.15) is 11.4 Å². The van der Waals surface area contributed by atoms with Gasteiger partial charge < -0.3 is 15.1 Å².